The lowest BCUT2D eigenvalue weighted by molar-refractivity contribution is 0.800. The quantitative estimate of drug-likeness (QED) is 0.794. The predicted octanol–water partition coefficient (Wildman–Crippen LogP) is 4.02. The summed E-state index contributed by atoms with van der Waals surface area (Å²) in [5.74, 6) is 1.44. The first-order chi connectivity index (χ1) is 9.02. The topological polar surface area (TPSA) is 38.7 Å². The molecule has 0 aromatic carbocycles. The Morgan fingerprint density at radius 3 is 2.47 bits per heavy atom. The molecular formula is C15H18ClN3. The molecule has 0 amide bonds. The molecular weight excluding hydrogens is 258 g/mol. The maximum Gasteiger partial charge on any atom is 0.178 e. The average Bonchev–Trinajstić information content (AvgIpc) is 2.38. The van der Waals surface area contributed by atoms with E-state index in [4.69, 9.17) is 11.6 Å². The summed E-state index contributed by atoms with van der Waals surface area (Å²) in [6.45, 7) is 8.28. The number of aromatic nitrogens is 3. The first kappa shape index (κ1) is 13.9. The van der Waals surface area contributed by atoms with Crippen LogP contribution in [0.15, 0.2) is 18.5 Å². The van der Waals surface area contributed by atoms with E-state index in [0.29, 0.717) is 17.6 Å². The second kappa shape index (κ2) is 5.66. The Morgan fingerprint density at radius 2 is 1.89 bits per heavy atom. The van der Waals surface area contributed by atoms with Crippen molar-refractivity contribution >= 4 is 11.6 Å². The molecule has 0 aliphatic heterocycles. The van der Waals surface area contributed by atoms with Gasteiger partial charge in [-0.05, 0) is 30.9 Å². The number of hydrogen-bond acceptors (Lipinski definition) is 3. The molecule has 100 valence electrons. The van der Waals surface area contributed by atoms with Gasteiger partial charge >= 0.3 is 0 Å². The van der Waals surface area contributed by atoms with E-state index < -0.39 is 0 Å². The van der Waals surface area contributed by atoms with Crippen LogP contribution in [0.4, 0.5) is 0 Å². The fraction of sp³-hybridized carbons (Fsp3) is 0.400. The number of rotatable bonds is 3. The molecule has 0 fully saturated rings. The molecule has 2 heterocycles. The van der Waals surface area contributed by atoms with Gasteiger partial charge in [0.05, 0.1) is 11.6 Å². The molecule has 0 unspecified atom stereocenters. The zero-order chi connectivity index (χ0) is 14.0. The summed E-state index contributed by atoms with van der Waals surface area (Å²) in [6, 6.07) is 2.09. The van der Waals surface area contributed by atoms with E-state index in [1.165, 1.54) is 0 Å². The van der Waals surface area contributed by atoms with Crippen LogP contribution in [0.5, 0.6) is 0 Å². The lowest BCUT2D eigenvalue weighted by atomic mass is 10.1. The maximum absolute atomic E-state index is 5.93. The van der Waals surface area contributed by atoms with Crippen molar-refractivity contribution in [1.29, 1.82) is 0 Å². The Hall–Kier alpha value is -1.48. The number of pyridine rings is 1. The average molecular weight is 276 g/mol. The van der Waals surface area contributed by atoms with Crippen LogP contribution < -0.4 is 0 Å². The molecule has 3 nitrogen and oxygen atoms in total. The van der Waals surface area contributed by atoms with Gasteiger partial charge in [-0.1, -0.05) is 19.9 Å². The molecule has 0 bridgehead atoms. The number of halogens is 1. The summed E-state index contributed by atoms with van der Waals surface area (Å²) in [7, 11) is 0. The Balaban J connectivity index is 2.54. The van der Waals surface area contributed by atoms with Gasteiger partial charge in [0.1, 0.15) is 5.69 Å². The van der Waals surface area contributed by atoms with Gasteiger partial charge in [0, 0.05) is 18.0 Å². The predicted molar refractivity (Wildman–Crippen MR) is 78.4 cm³/mol. The van der Waals surface area contributed by atoms with Gasteiger partial charge in [-0.25, -0.2) is 9.97 Å². The molecule has 2 aromatic rings. The molecule has 0 saturated carbocycles. The lowest BCUT2D eigenvalue weighted by Crippen LogP contribution is -2.04. The van der Waals surface area contributed by atoms with Crippen molar-refractivity contribution in [3.8, 4) is 11.5 Å². The Morgan fingerprint density at radius 1 is 1.16 bits per heavy atom. The summed E-state index contributed by atoms with van der Waals surface area (Å²) in [5.41, 5.74) is 5.07. The normalized spacial score (nSPS) is 11.1. The monoisotopic (exact) mass is 275 g/mol. The fourth-order valence-electron chi connectivity index (χ4n) is 2.09. The van der Waals surface area contributed by atoms with E-state index in [2.05, 4.69) is 34.9 Å². The van der Waals surface area contributed by atoms with E-state index in [9.17, 15) is 0 Å². The SMILES string of the molecule is Cc1cnc(-c2ncc(CCl)c(C(C)C)n2)c(C)c1. The molecule has 0 N–H and O–H groups in total. The van der Waals surface area contributed by atoms with Gasteiger partial charge in [0.25, 0.3) is 0 Å². The second-order valence-electron chi connectivity index (χ2n) is 5.07. The van der Waals surface area contributed by atoms with Gasteiger partial charge in [-0.3, -0.25) is 4.98 Å². The van der Waals surface area contributed by atoms with Crippen molar-refractivity contribution in [3.63, 3.8) is 0 Å². The van der Waals surface area contributed by atoms with Crippen LogP contribution in [0.3, 0.4) is 0 Å². The van der Waals surface area contributed by atoms with Crippen molar-refractivity contribution in [2.24, 2.45) is 0 Å². The van der Waals surface area contributed by atoms with Crippen molar-refractivity contribution < 1.29 is 0 Å². The van der Waals surface area contributed by atoms with Crippen LogP contribution in [0.25, 0.3) is 11.5 Å². The largest absolute Gasteiger partial charge is 0.252 e. The Bertz CT molecular complexity index is 594. The van der Waals surface area contributed by atoms with E-state index >= 15 is 0 Å². The third-order valence-corrected chi connectivity index (χ3v) is 3.30. The van der Waals surface area contributed by atoms with Crippen molar-refractivity contribution in [2.75, 3.05) is 0 Å². The zero-order valence-electron chi connectivity index (χ0n) is 11.7. The molecule has 0 atom stereocenters. The van der Waals surface area contributed by atoms with Gasteiger partial charge in [-0.15, -0.1) is 11.6 Å². The molecule has 2 aromatic heterocycles. The molecule has 0 aliphatic carbocycles. The highest BCUT2D eigenvalue weighted by Crippen LogP contribution is 2.23. The smallest absolute Gasteiger partial charge is 0.178 e. The van der Waals surface area contributed by atoms with Gasteiger partial charge in [0.15, 0.2) is 5.82 Å². The summed E-state index contributed by atoms with van der Waals surface area (Å²) in [6.07, 6.45) is 3.65. The van der Waals surface area contributed by atoms with E-state index in [1.807, 2.05) is 26.2 Å². The highest BCUT2D eigenvalue weighted by Gasteiger charge is 2.13. The highest BCUT2D eigenvalue weighted by molar-refractivity contribution is 6.17. The molecule has 4 heteroatoms. The van der Waals surface area contributed by atoms with Crippen molar-refractivity contribution in [3.05, 3.63) is 40.8 Å². The zero-order valence-corrected chi connectivity index (χ0v) is 12.5. The van der Waals surface area contributed by atoms with Gasteiger partial charge in [0.2, 0.25) is 0 Å². The van der Waals surface area contributed by atoms with E-state index in [-0.39, 0.29) is 0 Å². The van der Waals surface area contributed by atoms with Crippen LogP contribution in [-0.2, 0) is 5.88 Å². The second-order valence-corrected chi connectivity index (χ2v) is 5.34. The van der Waals surface area contributed by atoms with E-state index in [1.54, 1.807) is 0 Å². The fourth-order valence-corrected chi connectivity index (χ4v) is 2.29. The molecule has 0 spiro atoms. The molecule has 2 rings (SSSR count). The first-order valence-electron chi connectivity index (χ1n) is 6.38. The highest BCUT2D eigenvalue weighted by atomic mass is 35.5. The molecule has 0 saturated heterocycles. The van der Waals surface area contributed by atoms with Crippen molar-refractivity contribution in [2.45, 2.75) is 39.5 Å². The number of hydrogen-bond donors (Lipinski definition) is 0. The van der Waals surface area contributed by atoms with E-state index in [0.717, 1.165) is 28.1 Å². The standard InChI is InChI=1S/C15H18ClN3/c1-9(2)13-12(6-16)8-18-15(19-13)14-11(4)5-10(3)7-17-14/h5,7-9H,6H2,1-4H3. The minimum absolute atomic E-state index is 0.321. The van der Waals surface area contributed by atoms with Gasteiger partial charge in [-0.2, -0.15) is 0 Å². The minimum atomic E-state index is 0.321. The summed E-state index contributed by atoms with van der Waals surface area (Å²) in [4.78, 5) is 13.5. The third kappa shape index (κ3) is 2.92. The van der Waals surface area contributed by atoms with Gasteiger partial charge < -0.3 is 0 Å². The lowest BCUT2D eigenvalue weighted by Gasteiger charge is -2.12. The van der Waals surface area contributed by atoms with Crippen LogP contribution in [0, 0.1) is 13.8 Å². The summed E-state index contributed by atoms with van der Waals surface area (Å²) < 4.78 is 0. The maximum atomic E-state index is 5.93. The molecule has 19 heavy (non-hydrogen) atoms. The number of aryl methyl sites for hydroxylation is 2. The molecule has 0 radical (unpaired) electrons. The number of alkyl halides is 1. The Labute approximate surface area is 119 Å². The first-order valence-corrected chi connectivity index (χ1v) is 6.91. The van der Waals surface area contributed by atoms with Crippen LogP contribution in [-0.4, -0.2) is 15.0 Å². The summed E-state index contributed by atoms with van der Waals surface area (Å²) in [5, 5.41) is 0. The van der Waals surface area contributed by atoms with Crippen LogP contribution in [0.1, 0.15) is 42.1 Å². The summed E-state index contributed by atoms with van der Waals surface area (Å²) >= 11 is 5.93. The molecule has 0 aliphatic rings. The third-order valence-electron chi connectivity index (χ3n) is 3.02. The van der Waals surface area contributed by atoms with Crippen molar-refractivity contribution in [1.82, 2.24) is 15.0 Å². The number of nitrogens with zero attached hydrogens (tertiary/aromatic N) is 3. The van der Waals surface area contributed by atoms with Crippen LogP contribution >= 0.6 is 11.6 Å². The van der Waals surface area contributed by atoms with Crippen LogP contribution in [0.2, 0.25) is 0 Å². The minimum Gasteiger partial charge on any atom is -0.252 e. The Kier molecular flexibility index (Phi) is 4.15.